The van der Waals surface area contributed by atoms with E-state index in [0.717, 1.165) is 25.1 Å². The van der Waals surface area contributed by atoms with Gasteiger partial charge in [-0.15, -0.1) is 0 Å². The molecule has 0 spiro atoms. The van der Waals surface area contributed by atoms with Gasteiger partial charge in [0.2, 0.25) is 0 Å². The van der Waals surface area contributed by atoms with Gasteiger partial charge in [-0.05, 0) is 31.0 Å². The van der Waals surface area contributed by atoms with Crippen molar-refractivity contribution in [3.63, 3.8) is 0 Å². The molecule has 0 aromatic carbocycles. The van der Waals surface area contributed by atoms with Crippen LogP contribution in [0.15, 0.2) is 36.8 Å². The summed E-state index contributed by atoms with van der Waals surface area (Å²) < 4.78 is 42.3. The normalized spacial score (nSPS) is 16.1. The van der Waals surface area contributed by atoms with Gasteiger partial charge in [0, 0.05) is 49.2 Å². The standard InChI is InChI=1S/C23H25F3N8O2/c24-23(25,26)12-36-22-21(29)31-10-17(33-22)16-4-3-15(28)20(32-16)19(35)8-13-9-30-6-5-18(13)34-7-1-2-14(27)11-34/h3-6,9-10,14H,1-2,7-8,11-12,27-28H2,(H2,29,31)/t14-/m0/s1. The minimum atomic E-state index is -4.58. The molecule has 1 fully saturated rings. The molecular formula is C23H25F3N8O2. The van der Waals surface area contributed by atoms with E-state index in [4.69, 9.17) is 17.2 Å². The van der Waals surface area contributed by atoms with Crippen molar-refractivity contribution in [2.45, 2.75) is 31.5 Å². The Balaban J connectivity index is 1.58. The fraction of sp³-hybridized carbons (Fsp3) is 0.348. The molecule has 1 aliphatic rings. The van der Waals surface area contributed by atoms with E-state index in [0.29, 0.717) is 12.1 Å². The van der Waals surface area contributed by atoms with E-state index in [-0.39, 0.29) is 46.8 Å². The number of carbonyl (C=O) groups excluding carboxylic acids is 1. The van der Waals surface area contributed by atoms with Crippen LogP contribution in [0.4, 0.5) is 30.4 Å². The van der Waals surface area contributed by atoms with Gasteiger partial charge in [0.25, 0.3) is 5.88 Å². The van der Waals surface area contributed by atoms with Crippen molar-refractivity contribution in [2.24, 2.45) is 5.73 Å². The number of nitrogen functional groups attached to an aromatic ring is 2. The first kappa shape index (κ1) is 25.1. The third-order valence-electron chi connectivity index (χ3n) is 5.62. The molecule has 0 unspecified atom stereocenters. The lowest BCUT2D eigenvalue weighted by atomic mass is 10.0. The van der Waals surface area contributed by atoms with E-state index in [1.807, 2.05) is 6.07 Å². The first-order valence-electron chi connectivity index (χ1n) is 11.2. The third-order valence-corrected chi connectivity index (χ3v) is 5.62. The number of pyridine rings is 2. The second-order valence-corrected chi connectivity index (χ2v) is 8.44. The van der Waals surface area contributed by atoms with Crippen LogP contribution in [0.25, 0.3) is 11.4 Å². The highest BCUT2D eigenvalue weighted by atomic mass is 19.4. The fourth-order valence-electron chi connectivity index (χ4n) is 3.95. The molecule has 4 heterocycles. The minimum absolute atomic E-state index is 0.00552. The first-order valence-corrected chi connectivity index (χ1v) is 11.2. The van der Waals surface area contributed by atoms with Gasteiger partial charge in [-0.25, -0.2) is 15.0 Å². The monoisotopic (exact) mass is 502 g/mol. The molecule has 3 aromatic rings. The number of carbonyl (C=O) groups is 1. The topological polar surface area (TPSA) is 159 Å². The lowest BCUT2D eigenvalue weighted by Crippen LogP contribution is -2.43. The average molecular weight is 503 g/mol. The van der Waals surface area contributed by atoms with Crippen molar-refractivity contribution in [1.29, 1.82) is 0 Å². The molecule has 10 nitrogen and oxygen atoms in total. The summed E-state index contributed by atoms with van der Waals surface area (Å²) in [7, 11) is 0. The number of anilines is 3. The van der Waals surface area contributed by atoms with Crippen LogP contribution < -0.4 is 26.8 Å². The number of nitrogens with two attached hydrogens (primary N) is 3. The Labute approximate surface area is 204 Å². The van der Waals surface area contributed by atoms with Gasteiger partial charge in [0.05, 0.1) is 17.6 Å². The zero-order valence-electron chi connectivity index (χ0n) is 19.2. The Morgan fingerprint density at radius 3 is 2.69 bits per heavy atom. The number of hydrogen-bond acceptors (Lipinski definition) is 10. The van der Waals surface area contributed by atoms with Gasteiger partial charge in [-0.2, -0.15) is 13.2 Å². The summed E-state index contributed by atoms with van der Waals surface area (Å²) in [4.78, 5) is 31.7. The highest BCUT2D eigenvalue weighted by Crippen LogP contribution is 2.27. The molecule has 36 heavy (non-hydrogen) atoms. The number of halogens is 3. The van der Waals surface area contributed by atoms with Crippen LogP contribution >= 0.6 is 0 Å². The molecule has 0 amide bonds. The smallest absolute Gasteiger partial charge is 0.422 e. The van der Waals surface area contributed by atoms with Crippen molar-refractivity contribution < 1.29 is 22.7 Å². The molecule has 0 radical (unpaired) electrons. The van der Waals surface area contributed by atoms with Crippen molar-refractivity contribution in [1.82, 2.24) is 19.9 Å². The molecule has 0 bridgehead atoms. The van der Waals surface area contributed by atoms with Gasteiger partial charge in [0.15, 0.2) is 18.2 Å². The van der Waals surface area contributed by atoms with Crippen LogP contribution in [0.2, 0.25) is 0 Å². The van der Waals surface area contributed by atoms with Crippen LogP contribution in [0, 0.1) is 0 Å². The van der Waals surface area contributed by atoms with Gasteiger partial charge >= 0.3 is 6.18 Å². The quantitative estimate of drug-likeness (QED) is 0.409. The van der Waals surface area contributed by atoms with Crippen molar-refractivity contribution >= 4 is 23.0 Å². The minimum Gasteiger partial charge on any atom is -0.465 e. The summed E-state index contributed by atoms with van der Waals surface area (Å²) in [6, 6.07) is 4.85. The maximum Gasteiger partial charge on any atom is 0.422 e. The van der Waals surface area contributed by atoms with Gasteiger partial charge in [-0.1, -0.05) is 0 Å². The van der Waals surface area contributed by atoms with Crippen LogP contribution in [0.1, 0.15) is 28.9 Å². The maximum absolute atomic E-state index is 13.2. The number of Topliss-reactive ketones (excluding diaryl/α,β-unsaturated/α-hetero) is 1. The largest absolute Gasteiger partial charge is 0.465 e. The molecule has 6 N–H and O–H groups in total. The Morgan fingerprint density at radius 1 is 1.14 bits per heavy atom. The summed E-state index contributed by atoms with van der Waals surface area (Å²) >= 11 is 0. The SMILES string of the molecule is Nc1ccc(-c2cnc(N)c(OCC(F)(F)F)n2)nc1C(=O)Cc1cnccc1N1CCC[C@H](N)C1. The molecule has 13 heteroatoms. The Bertz CT molecular complexity index is 1250. The summed E-state index contributed by atoms with van der Waals surface area (Å²) in [5.74, 6) is -1.16. The molecule has 0 aliphatic carbocycles. The lowest BCUT2D eigenvalue weighted by Gasteiger charge is -2.33. The molecule has 3 aromatic heterocycles. The second kappa shape index (κ2) is 10.3. The zero-order valence-corrected chi connectivity index (χ0v) is 19.2. The molecule has 1 aliphatic heterocycles. The second-order valence-electron chi connectivity index (χ2n) is 8.44. The van der Waals surface area contributed by atoms with E-state index in [9.17, 15) is 18.0 Å². The summed E-state index contributed by atoms with van der Waals surface area (Å²) in [6.45, 7) is -0.0808. The zero-order chi connectivity index (χ0) is 25.9. The Hall–Kier alpha value is -4.00. The maximum atomic E-state index is 13.2. The number of nitrogens with zero attached hydrogens (tertiary/aromatic N) is 5. The van der Waals surface area contributed by atoms with Crippen LogP contribution in [0.3, 0.4) is 0 Å². The number of rotatable bonds is 7. The van der Waals surface area contributed by atoms with Crippen LogP contribution in [-0.2, 0) is 6.42 Å². The first-order chi connectivity index (χ1) is 17.1. The summed E-state index contributed by atoms with van der Waals surface area (Å²) in [5, 5.41) is 0. The number of piperidine rings is 1. The molecule has 190 valence electrons. The highest BCUT2D eigenvalue weighted by Gasteiger charge is 2.29. The van der Waals surface area contributed by atoms with Crippen LogP contribution in [0.5, 0.6) is 5.88 Å². The third kappa shape index (κ3) is 5.97. The number of aromatic nitrogens is 4. The van der Waals surface area contributed by atoms with Crippen LogP contribution in [-0.4, -0.2) is 57.6 Å². The molecule has 1 atom stereocenters. The van der Waals surface area contributed by atoms with Gasteiger partial charge < -0.3 is 26.8 Å². The van der Waals surface area contributed by atoms with E-state index < -0.39 is 18.7 Å². The fourth-order valence-corrected chi connectivity index (χ4v) is 3.95. The van der Waals surface area contributed by atoms with E-state index in [1.165, 1.54) is 18.3 Å². The van der Waals surface area contributed by atoms with Gasteiger partial charge in [0.1, 0.15) is 11.4 Å². The predicted molar refractivity (Wildman–Crippen MR) is 127 cm³/mol. The van der Waals surface area contributed by atoms with Crippen molar-refractivity contribution in [2.75, 3.05) is 36.1 Å². The Morgan fingerprint density at radius 2 is 1.94 bits per heavy atom. The molecular weight excluding hydrogens is 477 g/mol. The van der Waals surface area contributed by atoms with Crippen molar-refractivity contribution in [3.05, 3.63) is 48.0 Å². The van der Waals surface area contributed by atoms with Crippen molar-refractivity contribution in [3.8, 4) is 17.3 Å². The number of ether oxygens (including phenoxy) is 1. The molecule has 0 saturated carbocycles. The number of ketones is 1. The molecule has 1 saturated heterocycles. The highest BCUT2D eigenvalue weighted by molar-refractivity contribution is 6.01. The number of alkyl halides is 3. The lowest BCUT2D eigenvalue weighted by molar-refractivity contribution is -0.154. The van der Waals surface area contributed by atoms with E-state index in [2.05, 4.69) is 29.6 Å². The summed E-state index contributed by atoms with van der Waals surface area (Å²) in [5.41, 5.74) is 19.7. The Kier molecular flexibility index (Phi) is 7.20. The average Bonchev–Trinajstić information content (AvgIpc) is 2.83. The summed E-state index contributed by atoms with van der Waals surface area (Å²) in [6.07, 6.45) is 1.82. The molecule has 4 rings (SSSR count). The number of hydrogen-bond donors (Lipinski definition) is 3. The van der Waals surface area contributed by atoms with Gasteiger partial charge in [-0.3, -0.25) is 9.78 Å². The van der Waals surface area contributed by atoms with E-state index in [1.54, 1.807) is 12.4 Å². The van der Waals surface area contributed by atoms with E-state index >= 15 is 0 Å². The predicted octanol–water partition coefficient (Wildman–Crippen LogP) is 2.39.